The molecule has 0 spiro atoms. The second-order valence-corrected chi connectivity index (χ2v) is 1.59. The van der Waals surface area contributed by atoms with Gasteiger partial charge in [-0.2, -0.15) is 5.10 Å². The lowest BCUT2D eigenvalue weighted by Gasteiger charge is -2.11. The van der Waals surface area contributed by atoms with Gasteiger partial charge in [-0.05, 0) is 12.8 Å². The molecule has 0 aromatic heterocycles. The molecule has 0 heterocycles. The molecule has 0 radical (unpaired) electrons. The number of aliphatic imine (C=N–C) groups is 1. The second kappa shape index (κ2) is 5.17. The first-order chi connectivity index (χ1) is 5.29. The van der Waals surface area contributed by atoms with E-state index in [-0.39, 0.29) is 0 Å². The summed E-state index contributed by atoms with van der Waals surface area (Å²) >= 11 is 0. The van der Waals surface area contributed by atoms with Gasteiger partial charge in [-0.15, -0.1) is 0 Å². The molecule has 11 heavy (non-hydrogen) atoms. The molecule has 0 saturated heterocycles. The van der Waals surface area contributed by atoms with Crippen molar-refractivity contribution in [1.29, 1.82) is 0 Å². The zero-order valence-electron chi connectivity index (χ0n) is 6.40. The molecule has 0 unspecified atom stereocenters. The lowest BCUT2D eigenvalue weighted by atomic mass is 10.5. The van der Waals surface area contributed by atoms with Crippen LogP contribution in [0.15, 0.2) is 47.4 Å². The van der Waals surface area contributed by atoms with E-state index in [1.165, 1.54) is 11.2 Å². The zero-order chi connectivity index (χ0) is 8.69. The summed E-state index contributed by atoms with van der Waals surface area (Å²) in [6.07, 6.45) is 4.73. The van der Waals surface area contributed by atoms with Crippen molar-refractivity contribution in [2.24, 2.45) is 10.1 Å². The van der Waals surface area contributed by atoms with Crippen molar-refractivity contribution in [3.8, 4) is 0 Å². The highest BCUT2D eigenvalue weighted by Crippen LogP contribution is 2.05. The molecule has 0 aliphatic rings. The molecule has 0 aromatic rings. The van der Waals surface area contributed by atoms with Gasteiger partial charge in [0.25, 0.3) is 0 Å². The highest BCUT2D eigenvalue weighted by atomic mass is 15.5. The van der Waals surface area contributed by atoms with E-state index in [4.69, 9.17) is 0 Å². The minimum absolute atomic E-state index is 0.546. The van der Waals surface area contributed by atoms with E-state index in [1.807, 2.05) is 0 Å². The topological polar surface area (TPSA) is 28.0 Å². The molecule has 58 valence electrons. The van der Waals surface area contributed by atoms with Gasteiger partial charge in [-0.3, -0.25) is 0 Å². The standard InChI is InChI=1S/C8H11N3/c1-5-7-8(9-3)11(6-2)10-4/h5-7H,1-4H2/b8-7+. The van der Waals surface area contributed by atoms with Gasteiger partial charge in [0.15, 0.2) is 5.82 Å². The van der Waals surface area contributed by atoms with Gasteiger partial charge in [0.05, 0.1) is 0 Å². The summed E-state index contributed by atoms with van der Waals surface area (Å²) in [5, 5.41) is 5.01. The van der Waals surface area contributed by atoms with Gasteiger partial charge in [-0.1, -0.05) is 19.2 Å². The summed E-state index contributed by atoms with van der Waals surface area (Å²) in [4.78, 5) is 3.68. The molecule has 0 aliphatic carbocycles. The third-order valence-corrected chi connectivity index (χ3v) is 0.989. The highest BCUT2D eigenvalue weighted by molar-refractivity contribution is 5.31. The summed E-state index contributed by atoms with van der Waals surface area (Å²) in [5.41, 5.74) is 0. The van der Waals surface area contributed by atoms with Crippen molar-refractivity contribution in [3.63, 3.8) is 0 Å². The Morgan fingerprint density at radius 3 is 2.18 bits per heavy atom. The Balaban J connectivity index is 4.57. The van der Waals surface area contributed by atoms with Crippen LogP contribution in [-0.4, -0.2) is 18.4 Å². The van der Waals surface area contributed by atoms with Crippen LogP contribution in [0.1, 0.15) is 0 Å². The molecule has 0 rings (SSSR count). The Morgan fingerprint density at radius 2 is 1.91 bits per heavy atom. The highest BCUT2D eigenvalue weighted by Gasteiger charge is 1.96. The SMILES string of the molecule is C=C/C=C(\N=C)N(C=C)N=C. The molecule has 0 amide bonds. The fourth-order valence-electron chi connectivity index (χ4n) is 0.531. The molecule has 0 fully saturated rings. The van der Waals surface area contributed by atoms with Crippen molar-refractivity contribution in [3.05, 3.63) is 37.3 Å². The van der Waals surface area contributed by atoms with Crippen LogP contribution >= 0.6 is 0 Å². The predicted octanol–water partition coefficient (Wildman–Crippen LogP) is 1.78. The number of hydrogen-bond acceptors (Lipinski definition) is 3. The van der Waals surface area contributed by atoms with Crippen LogP contribution in [0, 0.1) is 0 Å². The van der Waals surface area contributed by atoms with E-state index in [0.29, 0.717) is 5.82 Å². The van der Waals surface area contributed by atoms with Gasteiger partial charge < -0.3 is 0 Å². The summed E-state index contributed by atoms with van der Waals surface area (Å²) in [6.45, 7) is 13.7. The first-order valence-corrected chi connectivity index (χ1v) is 2.98. The molecular formula is C8H11N3. The number of allylic oxidation sites excluding steroid dienone is 2. The molecule has 0 saturated carbocycles. The van der Waals surface area contributed by atoms with Crippen LogP contribution in [0.5, 0.6) is 0 Å². The van der Waals surface area contributed by atoms with E-state index >= 15 is 0 Å². The predicted molar refractivity (Wildman–Crippen MR) is 49.4 cm³/mol. The van der Waals surface area contributed by atoms with E-state index in [0.717, 1.165) is 0 Å². The fourth-order valence-corrected chi connectivity index (χ4v) is 0.531. The van der Waals surface area contributed by atoms with Crippen molar-refractivity contribution in [2.75, 3.05) is 0 Å². The third-order valence-electron chi connectivity index (χ3n) is 0.989. The van der Waals surface area contributed by atoms with Crippen molar-refractivity contribution in [2.45, 2.75) is 0 Å². The fraction of sp³-hybridized carbons (Fsp3) is 0. The monoisotopic (exact) mass is 149 g/mol. The number of hydrazone groups is 1. The second-order valence-electron chi connectivity index (χ2n) is 1.59. The van der Waals surface area contributed by atoms with Crippen LogP contribution in [0.2, 0.25) is 0 Å². The average molecular weight is 149 g/mol. The lowest BCUT2D eigenvalue weighted by Crippen LogP contribution is -2.05. The molecular weight excluding hydrogens is 138 g/mol. The third kappa shape index (κ3) is 2.62. The van der Waals surface area contributed by atoms with Crippen LogP contribution in [0.4, 0.5) is 0 Å². The number of rotatable bonds is 5. The Bertz CT molecular complexity index is 195. The van der Waals surface area contributed by atoms with E-state index in [2.05, 4.69) is 36.7 Å². The van der Waals surface area contributed by atoms with Crippen LogP contribution < -0.4 is 0 Å². The van der Waals surface area contributed by atoms with Gasteiger partial charge >= 0.3 is 0 Å². The first-order valence-electron chi connectivity index (χ1n) is 2.98. The molecule has 0 aliphatic heterocycles. The Kier molecular flexibility index (Phi) is 4.40. The van der Waals surface area contributed by atoms with Crippen molar-refractivity contribution < 1.29 is 0 Å². The lowest BCUT2D eigenvalue weighted by molar-refractivity contribution is 0.500. The Hall–Kier alpha value is -1.64. The van der Waals surface area contributed by atoms with E-state index < -0.39 is 0 Å². The minimum atomic E-state index is 0.546. The molecule has 3 heteroatoms. The van der Waals surface area contributed by atoms with Gasteiger partial charge in [0.1, 0.15) is 0 Å². The van der Waals surface area contributed by atoms with E-state index in [9.17, 15) is 0 Å². The maximum atomic E-state index is 3.68. The normalized spacial score (nSPS) is 10.0. The van der Waals surface area contributed by atoms with Crippen molar-refractivity contribution in [1.82, 2.24) is 5.01 Å². The molecule has 0 bridgehead atoms. The van der Waals surface area contributed by atoms with E-state index in [1.54, 1.807) is 12.2 Å². The molecule has 0 aromatic carbocycles. The van der Waals surface area contributed by atoms with Gasteiger partial charge in [0, 0.05) is 12.9 Å². The smallest absolute Gasteiger partial charge is 0.152 e. The van der Waals surface area contributed by atoms with Gasteiger partial charge in [-0.25, -0.2) is 10.0 Å². The summed E-state index contributed by atoms with van der Waals surface area (Å²) in [7, 11) is 0. The Labute approximate surface area is 66.7 Å². The summed E-state index contributed by atoms with van der Waals surface area (Å²) < 4.78 is 0. The molecule has 3 nitrogen and oxygen atoms in total. The maximum Gasteiger partial charge on any atom is 0.152 e. The average Bonchev–Trinajstić information content (AvgIpc) is 2.05. The number of nitrogens with zero attached hydrogens (tertiary/aromatic N) is 3. The van der Waals surface area contributed by atoms with Crippen LogP contribution in [0.3, 0.4) is 0 Å². The van der Waals surface area contributed by atoms with Crippen molar-refractivity contribution >= 4 is 13.4 Å². The maximum absolute atomic E-state index is 3.68. The first kappa shape index (κ1) is 9.36. The Morgan fingerprint density at radius 1 is 1.27 bits per heavy atom. The minimum Gasteiger partial charge on any atom is -0.245 e. The molecule has 0 atom stereocenters. The number of hydrogen-bond donors (Lipinski definition) is 0. The largest absolute Gasteiger partial charge is 0.245 e. The van der Waals surface area contributed by atoms with Crippen LogP contribution in [-0.2, 0) is 0 Å². The summed E-state index contributed by atoms with van der Waals surface area (Å²) in [5.74, 6) is 0.546. The summed E-state index contributed by atoms with van der Waals surface area (Å²) in [6, 6.07) is 0. The quantitative estimate of drug-likeness (QED) is 0.332. The molecule has 0 N–H and O–H groups in total. The van der Waals surface area contributed by atoms with Gasteiger partial charge in [0.2, 0.25) is 0 Å². The van der Waals surface area contributed by atoms with Crippen LogP contribution in [0.25, 0.3) is 0 Å². The zero-order valence-corrected chi connectivity index (χ0v) is 6.40.